The van der Waals surface area contributed by atoms with E-state index in [-0.39, 0.29) is 0 Å². The number of carbonyl (C=O) groups is 2. The summed E-state index contributed by atoms with van der Waals surface area (Å²) in [6, 6.07) is 19.4. The first-order valence-corrected chi connectivity index (χ1v) is 11.4. The number of anilines is 2. The second-order valence-corrected chi connectivity index (χ2v) is 8.60. The summed E-state index contributed by atoms with van der Waals surface area (Å²) in [5, 5.41) is 9.20. The van der Waals surface area contributed by atoms with Gasteiger partial charge in [-0.15, -0.1) is 0 Å². The van der Waals surface area contributed by atoms with E-state index in [0.717, 1.165) is 24.5 Å². The lowest BCUT2D eigenvalue weighted by Gasteiger charge is -2.20. The fraction of sp³-hybridized carbons (Fsp3) is 0.160. The fourth-order valence-electron chi connectivity index (χ4n) is 3.59. The van der Waals surface area contributed by atoms with Crippen molar-refractivity contribution in [3.63, 3.8) is 0 Å². The molecule has 3 amide bonds. The zero-order valence-corrected chi connectivity index (χ0v) is 19.9. The highest BCUT2D eigenvalue weighted by atomic mass is 35.5. The number of amides is 3. The molecule has 9 heteroatoms. The van der Waals surface area contributed by atoms with Crippen molar-refractivity contribution in [2.45, 2.75) is 6.04 Å². The van der Waals surface area contributed by atoms with Crippen molar-refractivity contribution < 1.29 is 9.59 Å². The van der Waals surface area contributed by atoms with Gasteiger partial charge in [0.05, 0.1) is 6.54 Å². The molecule has 3 N–H and O–H groups in total. The topological polar surface area (TPSA) is 85.8 Å². The first-order valence-electron chi connectivity index (χ1n) is 10.6. The summed E-state index contributed by atoms with van der Waals surface area (Å²) in [5.74, 6) is 0.495. The number of aliphatic imine (C=N–C) groups is 1. The molecule has 1 aliphatic rings. The normalized spacial score (nSPS) is 13.7. The van der Waals surface area contributed by atoms with Crippen molar-refractivity contribution >= 4 is 52.4 Å². The van der Waals surface area contributed by atoms with Gasteiger partial charge in [0.1, 0.15) is 11.9 Å². The lowest BCUT2D eigenvalue weighted by atomic mass is 10.1. The minimum absolute atomic E-state index is 0.368. The van der Waals surface area contributed by atoms with Crippen molar-refractivity contribution in [1.29, 1.82) is 0 Å². The average Bonchev–Trinajstić information content (AvgIpc) is 3.26. The van der Waals surface area contributed by atoms with E-state index in [0.29, 0.717) is 27.0 Å². The second-order valence-electron chi connectivity index (χ2n) is 7.75. The molecule has 174 valence electrons. The van der Waals surface area contributed by atoms with Crippen LogP contribution in [0.1, 0.15) is 17.2 Å². The molecule has 0 fully saturated rings. The van der Waals surface area contributed by atoms with Gasteiger partial charge in [-0.1, -0.05) is 41.4 Å². The Morgan fingerprint density at radius 2 is 1.56 bits per heavy atom. The van der Waals surface area contributed by atoms with Crippen LogP contribution < -0.4 is 16.0 Å². The number of likely N-dealkylation sites (N-methyl/N-ethyl adjacent to an activating group) is 1. The van der Waals surface area contributed by atoms with E-state index in [2.05, 4.69) is 25.8 Å². The first-order chi connectivity index (χ1) is 16.4. The van der Waals surface area contributed by atoms with Gasteiger partial charge in [0.2, 0.25) is 0 Å². The molecule has 3 aromatic rings. The number of nitrogens with one attached hydrogen (secondary N) is 3. The van der Waals surface area contributed by atoms with Crippen LogP contribution in [-0.4, -0.2) is 42.8 Å². The molecule has 1 unspecified atom stereocenters. The highest BCUT2D eigenvalue weighted by molar-refractivity contribution is 6.31. The minimum Gasteiger partial charge on any atom is -0.358 e. The third-order valence-electron chi connectivity index (χ3n) is 5.33. The third-order valence-corrected chi connectivity index (χ3v) is 5.92. The van der Waals surface area contributed by atoms with Gasteiger partial charge in [-0.3, -0.25) is 9.79 Å². The predicted molar refractivity (Wildman–Crippen MR) is 137 cm³/mol. The Morgan fingerprint density at radius 1 is 0.912 bits per heavy atom. The van der Waals surface area contributed by atoms with Gasteiger partial charge in [-0.05, 0) is 54.6 Å². The van der Waals surface area contributed by atoms with Crippen LogP contribution in [0.15, 0.2) is 77.8 Å². The maximum Gasteiger partial charge on any atom is 0.320 e. The monoisotopic (exact) mass is 495 g/mol. The molecule has 4 rings (SSSR count). The highest BCUT2D eigenvalue weighted by Crippen LogP contribution is 2.25. The molecule has 7 nitrogen and oxygen atoms in total. The van der Waals surface area contributed by atoms with Crippen LogP contribution >= 0.6 is 23.2 Å². The molecule has 0 radical (unpaired) electrons. The molecule has 34 heavy (non-hydrogen) atoms. The zero-order chi connectivity index (χ0) is 24.1. The number of amidine groups is 1. The minimum atomic E-state index is -1.02. The molecule has 1 atom stereocenters. The average molecular weight is 496 g/mol. The van der Waals surface area contributed by atoms with E-state index in [1.165, 1.54) is 0 Å². The maximum atomic E-state index is 13.2. The number of carbonyl (C=O) groups excluding carboxylic acids is 2. The van der Waals surface area contributed by atoms with Crippen molar-refractivity contribution in [2.75, 3.05) is 30.8 Å². The summed E-state index contributed by atoms with van der Waals surface area (Å²) in [4.78, 5) is 32.5. The van der Waals surface area contributed by atoms with E-state index in [9.17, 15) is 9.59 Å². The second kappa shape index (κ2) is 10.6. The summed E-state index contributed by atoms with van der Waals surface area (Å²) in [6.45, 7) is 1.66. The molecule has 1 heterocycles. The van der Waals surface area contributed by atoms with Gasteiger partial charge in [0, 0.05) is 46.1 Å². The van der Waals surface area contributed by atoms with Gasteiger partial charge >= 0.3 is 6.03 Å². The number of benzene rings is 3. The Balaban J connectivity index is 1.50. The van der Waals surface area contributed by atoms with E-state index in [1.54, 1.807) is 60.7 Å². The molecule has 0 bridgehead atoms. The highest BCUT2D eigenvalue weighted by Gasteiger charge is 2.25. The van der Waals surface area contributed by atoms with Crippen molar-refractivity contribution in [3.8, 4) is 0 Å². The van der Waals surface area contributed by atoms with E-state index < -0.39 is 18.0 Å². The summed E-state index contributed by atoms with van der Waals surface area (Å²) in [5.41, 5.74) is 2.58. The molecular weight excluding hydrogens is 473 g/mol. The fourth-order valence-corrected chi connectivity index (χ4v) is 3.96. The van der Waals surface area contributed by atoms with Crippen molar-refractivity contribution in [2.24, 2.45) is 4.99 Å². The van der Waals surface area contributed by atoms with Crippen LogP contribution in [0.3, 0.4) is 0 Å². The molecule has 1 aliphatic heterocycles. The SMILES string of the molecule is CN1CCN=C1c1ccc(NC(=O)C(NC(=O)Nc2ccc(Cl)cc2)c2ccccc2Cl)cc1. The number of hydrogen-bond donors (Lipinski definition) is 3. The number of rotatable bonds is 6. The Labute approximate surface area is 207 Å². The first kappa shape index (κ1) is 23.6. The van der Waals surface area contributed by atoms with Crippen LogP contribution in [0.2, 0.25) is 10.0 Å². The maximum absolute atomic E-state index is 13.2. The molecule has 0 aromatic heterocycles. The van der Waals surface area contributed by atoms with Crippen molar-refractivity contribution in [3.05, 3.63) is 94.0 Å². The van der Waals surface area contributed by atoms with E-state index in [1.807, 2.05) is 19.2 Å². The van der Waals surface area contributed by atoms with Crippen LogP contribution in [-0.2, 0) is 4.79 Å². The Hall–Kier alpha value is -3.55. The Morgan fingerprint density at radius 3 is 2.21 bits per heavy atom. The van der Waals surface area contributed by atoms with Crippen LogP contribution in [0.25, 0.3) is 0 Å². The van der Waals surface area contributed by atoms with Gasteiger partial charge in [-0.2, -0.15) is 0 Å². The predicted octanol–water partition coefficient (Wildman–Crippen LogP) is 5.19. The molecule has 0 spiro atoms. The lowest BCUT2D eigenvalue weighted by Crippen LogP contribution is -2.39. The summed E-state index contributed by atoms with van der Waals surface area (Å²) >= 11 is 12.2. The van der Waals surface area contributed by atoms with Gasteiger partial charge in [-0.25, -0.2) is 4.79 Å². The van der Waals surface area contributed by atoms with Crippen LogP contribution in [0, 0.1) is 0 Å². The van der Waals surface area contributed by atoms with Crippen molar-refractivity contribution in [1.82, 2.24) is 10.2 Å². The summed E-state index contributed by atoms with van der Waals surface area (Å²) in [6.07, 6.45) is 0. The molecule has 3 aromatic carbocycles. The molecule has 0 saturated heterocycles. The summed E-state index contributed by atoms with van der Waals surface area (Å²) < 4.78 is 0. The number of nitrogens with zero attached hydrogens (tertiary/aromatic N) is 2. The largest absolute Gasteiger partial charge is 0.358 e. The lowest BCUT2D eigenvalue weighted by molar-refractivity contribution is -0.118. The number of urea groups is 1. The van der Waals surface area contributed by atoms with Gasteiger partial charge in [0.25, 0.3) is 5.91 Å². The zero-order valence-electron chi connectivity index (χ0n) is 18.4. The third kappa shape index (κ3) is 5.68. The molecule has 0 aliphatic carbocycles. The van der Waals surface area contributed by atoms with Crippen LogP contribution in [0.5, 0.6) is 0 Å². The van der Waals surface area contributed by atoms with E-state index >= 15 is 0 Å². The molecular formula is C25H23Cl2N5O2. The molecule has 0 saturated carbocycles. The Kier molecular flexibility index (Phi) is 7.35. The smallest absolute Gasteiger partial charge is 0.320 e. The number of halogens is 2. The van der Waals surface area contributed by atoms with Crippen LogP contribution in [0.4, 0.5) is 16.2 Å². The quantitative estimate of drug-likeness (QED) is 0.439. The Bertz CT molecular complexity index is 1210. The van der Waals surface area contributed by atoms with Gasteiger partial charge < -0.3 is 20.9 Å². The van der Waals surface area contributed by atoms with Gasteiger partial charge in [0.15, 0.2) is 0 Å². The standard InChI is InChI=1S/C25H23Cl2N5O2/c1-32-15-14-28-23(32)16-6-10-18(11-7-16)29-24(33)22(20-4-2-3-5-21(20)27)31-25(34)30-19-12-8-17(26)9-13-19/h2-13,22H,14-15H2,1H3,(H,29,33)(H2,30,31,34). The number of hydrogen-bond acceptors (Lipinski definition) is 4. The van der Waals surface area contributed by atoms with E-state index in [4.69, 9.17) is 23.2 Å². The summed E-state index contributed by atoms with van der Waals surface area (Å²) in [7, 11) is 2.00.